The van der Waals surface area contributed by atoms with Crippen LogP contribution in [0.2, 0.25) is 0 Å². The first-order chi connectivity index (χ1) is 21.0. The van der Waals surface area contributed by atoms with E-state index in [0.717, 1.165) is 49.8 Å². The summed E-state index contributed by atoms with van der Waals surface area (Å²) < 4.78 is 17.9. The van der Waals surface area contributed by atoms with Crippen molar-refractivity contribution in [2.24, 2.45) is 50.7 Å². The Labute approximate surface area is 262 Å². The zero-order valence-electron chi connectivity index (χ0n) is 27.0. The largest absolute Gasteiger partial charge is 0.469 e. The highest BCUT2D eigenvalue weighted by Crippen LogP contribution is 2.89. The maximum atomic E-state index is 13.3. The molecule has 44 heavy (non-hydrogen) atoms. The number of hydrogen-bond donors (Lipinski definition) is 1. The highest BCUT2D eigenvalue weighted by atomic mass is 16.5. The predicted molar refractivity (Wildman–Crippen MR) is 168 cm³/mol. The molecule has 0 amide bonds. The van der Waals surface area contributed by atoms with Crippen LogP contribution >= 0.6 is 0 Å². The van der Waals surface area contributed by atoms with Crippen LogP contribution < -0.4 is 0 Å². The van der Waals surface area contributed by atoms with Gasteiger partial charge in [-0.2, -0.15) is 0 Å². The van der Waals surface area contributed by atoms with Gasteiger partial charge in [0.25, 0.3) is 0 Å². The Morgan fingerprint density at radius 2 is 1.98 bits per heavy atom. The molecule has 0 spiro atoms. The molecular weight excluding hydrogens is 548 g/mol. The number of methoxy groups -OCH3 is 1. The average molecular weight is 597 g/mol. The lowest BCUT2D eigenvalue weighted by Crippen LogP contribution is -2.64. The van der Waals surface area contributed by atoms with E-state index in [1.165, 1.54) is 18.2 Å². The first kappa shape index (κ1) is 28.8. The SMILES string of the molecule is COC(=O)C(Cc1cc(C)co1)C1CC[C@]23C[C@]12C=C[C@@H]1[C@@]2(C)CC=C4C[C@@H](c5ccccc5)OC[C@]4(C)[C@@H]2C[C@@H](O)[C@]13C. The van der Waals surface area contributed by atoms with Crippen molar-refractivity contribution in [1.29, 1.82) is 0 Å². The van der Waals surface area contributed by atoms with Crippen LogP contribution in [0.3, 0.4) is 0 Å². The Kier molecular flexibility index (Phi) is 6.19. The molecule has 2 heterocycles. The number of hydrogen-bond acceptors (Lipinski definition) is 5. The summed E-state index contributed by atoms with van der Waals surface area (Å²) in [4.78, 5) is 13.3. The van der Waals surface area contributed by atoms with Gasteiger partial charge in [0.05, 0.1) is 38.1 Å². The first-order valence-corrected chi connectivity index (χ1v) is 16.9. The molecular formula is C39H48O5. The van der Waals surface area contributed by atoms with E-state index < -0.39 is 6.10 Å². The van der Waals surface area contributed by atoms with Gasteiger partial charge in [0.2, 0.25) is 0 Å². The van der Waals surface area contributed by atoms with E-state index in [2.05, 4.69) is 69.3 Å². The summed E-state index contributed by atoms with van der Waals surface area (Å²) >= 11 is 0. The van der Waals surface area contributed by atoms with E-state index in [9.17, 15) is 9.90 Å². The van der Waals surface area contributed by atoms with Gasteiger partial charge >= 0.3 is 5.97 Å². The summed E-state index contributed by atoms with van der Waals surface area (Å²) in [5, 5.41) is 12.4. The quantitative estimate of drug-likeness (QED) is 0.282. The van der Waals surface area contributed by atoms with E-state index in [-0.39, 0.29) is 56.9 Å². The van der Waals surface area contributed by atoms with Gasteiger partial charge < -0.3 is 19.0 Å². The molecule has 1 saturated heterocycles. The highest BCUT2D eigenvalue weighted by Gasteiger charge is 2.84. The third kappa shape index (κ3) is 3.52. The molecule has 1 aromatic carbocycles. The molecule has 5 nitrogen and oxygen atoms in total. The third-order valence-electron chi connectivity index (χ3n) is 14.5. The molecule has 234 valence electrons. The number of rotatable bonds is 5. The minimum absolute atomic E-state index is 0.00913. The highest BCUT2D eigenvalue weighted by molar-refractivity contribution is 5.73. The minimum atomic E-state index is -0.400. The fraction of sp³-hybridized carbons (Fsp3) is 0.615. The van der Waals surface area contributed by atoms with Crippen molar-refractivity contribution in [1.82, 2.24) is 0 Å². The number of ether oxygens (including phenoxy) is 2. The summed E-state index contributed by atoms with van der Waals surface area (Å²) in [6.07, 6.45) is 15.5. The Morgan fingerprint density at radius 1 is 1.18 bits per heavy atom. The van der Waals surface area contributed by atoms with E-state index in [4.69, 9.17) is 13.9 Å². The molecule has 8 rings (SSSR count). The van der Waals surface area contributed by atoms with Crippen molar-refractivity contribution in [3.8, 4) is 0 Å². The van der Waals surface area contributed by atoms with Gasteiger partial charge in [0.1, 0.15) is 5.76 Å². The average Bonchev–Trinajstić information content (AvgIpc) is 3.35. The lowest BCUT2D eigenvalue weighted by Gasteiger charge is -2.67. The fourth-order valence-electron chi connectivity index (χ4n) is 12.3. The topological polar surface area (TPSA) is 68.9 Å². The number of allylic oxidation sites excluding steroid dienone is 3. The zero-order chi connectivity index (χ0) is 30.7. The molecule has 1 aromatic heterocycles. The van der Waals surface area contributed by atoms with Crippen LogP contribution in [0.4, 0.5) is 0 Å². The lowest BCUT2D eigenvalue weighted by atomic mass is 9.38. The van der Waals surface area contributed by atoms with Crippen molar-refractivity contribution >= 4 is 5.97 Å². The lowest BCUT2D eigenvalue weighted by molar-refractivity contribution is -0.199. The maximum Gasteiger partial charge on any atom is 0.309 e. The van der Waals surface area contributed by atoms with Crippen LogP contribution in [0, 0.1) is 57.7 Å². The summed E-state index contributed by atoms with van der Waals surface area (Å²) in [6.45, 7) is 10.0. The van der Waals surface area contributed by atoms with Gasteiger partial charge in [-0.1, -0.05) is 74.9 Å². The van der Waals surface area contributed by atoms with Gasteiger partial charge in [-0.05, 0) is 96.6 Å². The van der Waals surface area contributed by atoms with Crippen LogP contribution in [0.15, 0.2) is 70.9 Å². The summed E-state index contributed by atoms with van der Waals surface area (Å²) in [5.41, 5.74) is 3.49. The molecule has 5 aliphatic carbocycles. The fourth-order valence-corrected chi connectivity index (χ4v) is 12.3. The van der Waals surface area contributed by atoms with Gasteiger partial charge in [-0.25, -0.2) is 0 Å². The smallest absolute Gasteiger partial charge is 0.309 e. The van der Waals surface area contributed by atoms with Crippen LogP contribution in [-0.2, 0) is 20.7 Å². The number of esters is 1. The Hall–Kier alpha value is -2.63. The number of aryl methyl sites for hydroxylation is 1. The van der Waals surface area contributed by atoms with Gasteiger partial charge in [-0.15, -0.1) is 0 Å². The number of aliphatic hydroxyl groups excluding tert-OH is 1. The molecule has 11 atom stereocenters. The molecule has 0 radical (unpaired) electrons. The van der Waals surface area contributed by atoms with Crippen molar-refractivity contribution in [2.45, 2.75) is 84.8 Å². The molecule has 3 saturated carbocycles. The molecule has 1 aliphatic heterocycles. The summed E-state index contributed by atoms with van der Waals surface area (Å²) in [5.74, 6) is 1.26. The maximum absolute atomic E-state index is 13.3. The predicted octanol–water partition coefficient (Wildman–Crippen LogP) is 7.78. The molecule has 2 unspecified atom stereocenters. The standard InChI is InChI=1S/C39H48O5/c1-24-17-27(43-21-24)19-28(34(41)42-5)29-12-16-39-22-38(29,39)15-13-31-35(2)14-11-26-18-30(25-9-7-6-8-10-25)44-23-36(26,3)32(35)20-33(40)37(31,39)4/h6-11,13,15,17,21,28-33,40H,12,14,16,18-20,22-23H2,1-5H3/t28?,29?,30-,31+,32+,33+,35+,36-,37-,38+,39+/m0/s1. The number of aliphatic hydroxyl groups is 1. The summed E-state index contributed by atoms with van der Waals surface area (Å²) in [6, 6.07) is 12.7. The van der Waals surface area contributed by atoms with E-state index in [0.29, 0.717) is 18.9 Å². The Bertz CT molecular complexity index is 1540. The minimum Gasteiger partial charge on any atom is -0.469 e. The molecule has 0 bridgehead atoms. The van der Waals surface area contributed by atoms with Crippen LogP contribution in [-0.4, -0.2) is 30.9 Å². The Morgan fingerprint density at radius 3 is 2.70 bits per heavy atom. The number of carbonyl (C=O) groups excluding carboxylic acids is 1. The molecule has 2 aromatic rings. The van der Waals surface area contributed by atoms with Crippen molar-refractivity contribution in [2.75, 3.05) is 13.7 Å². The van der Waals surface area contributed by atoms with Gasteiger partial charge in [0.15, 0.2) is 0 Å². The van der Waals surface area contributed by atoms with E-state index in [1.54, 1.807) is 6.26 Å². The summed E-state index contributed by atoms with van der Waals surface area (Å²) in [7, 11) is 1.51. The normalized spacial score (nSPS) is 45.6. The Balaban J connectivity index is 1.13. The van der Waals surface area contributed by atoms with Gasteiger partial charge in [-0.3, -0.25) is 4.79 Å². The van der Waals surface area contributed by atoms with E-state index in [1.807, 2.05) is 13.0 Å². The second-order valence-corrected chi connectivity index (χ2v) is 16.1. The molecule has 4 fully saturated rings. The van der Waals surface area contributed by atoms with Crippen LogP contribution in [0.25, 0.3) is 0 Å². The first-order valence-electron chi connectivity index (χ1n) is 16.9. The number of fused-ring (bicyclic) bond motifs is 5. The molecule has 1 N–H and O–H groups in total. The number of furan rings is 1. The van der Waals surface area contributed by atoms with Crippen molar-refractivity contribution < 1.29 is 23.8 Å². The van der Waals surface area contributed by atoms with Crippen molar-refractivity contribution in [3.05, 3.63) is 83.3 Å². The number of benzene rings is 1. The number of carbonyl (C=O) groups is 1. The van der Waals surface area contributed by atoms with Gasteiger partial charge in [0, 0.05) is 17.3 Å². The van der Waals surface area contributed by atoms with Crippen LogP contribution in [0.1, 0.15) is 82.3 Å². The third-order valence-corrected chi connectivity index (χ3v) is 14.5. The second kappa shape index (κ2) is 9.45. The second-order valence-electron chi connectivity index (χ2n) is 16.1. The molecule has 6 aliphatic rings. The van der Waals surface area contributed by atoms with Crippen LogP contribution in [0.5, 0.6) is 0 Å². The molecule has 5 heteroatoms. The zero-order valence-corrected chi connectivity index (χ0v) is 27.0. The van der Waals surface area contributed by atoms with Crippen molar-refractivity contribution in [3.63, 3.8) is 0 Å². The monoisotopic (exact) mass is 596 g/mol. The van der Waals surface area contributed by atoms with E-state index >= 15 is 0 Å².